The first-order chi connectivity index (χ1) is 7.24. The van der Waals surface area contributed by atoms with E-state index >= 15 is 0 Å². The van der Waals surface area contributed by atoms with E-state index in [2.05, 4.69) is 9.97 Å². The molecule has 5 heteroatoms. The summed E-state index contributed by atoms with van der Waals surface area (Å²) in [4.78, 5) is 8.13. The van der Waals surface area contributed by atoms with E-state index in [4.69, 9.17) is 15.7 Å². The monoisotopic (exact) mass is 200 g/mol. The molecule has 15 heavy (non-hydrogen) atoms. The Hall–Kier alpha value is -2.35. The summed E-state index contributed by atoms with van der Waals surface area (Å²) in [5, 5.41) is 8.74. The fraction of sp³-hybridized carbons (Fsp3) is 0.100. The molecule has 0 aliphatic heterocycles. The normalized spacial score (nSPS) is 9.87. The SMILES string of the molecule is COc1ccc2nc(N)c(C#N)nc2c1. The van der Waals surface area contributed by atoms with Crippen LogP contribution in [0, 0.1) is 11.3 Å². The second-order valence-electron chi connectivity index (χ2n) is 2.92. The maximum absolute atomic E-state index is 8.74. The number of aromatic nitrogens is 2. The second-order valence-corrected chi connectivity index (χ2v) is 2.92. The molecular weight excluding hydrogens is 192 g/mol. The molecular formula is C10H8N4O. The Morgan fingerprint density at radius 1 is 1.33 bits per heavy atom. The van der Waals surface area contributed by atoms with Gasteiger partial charge >= 0.3 is 0 Å². The number of hydrogen-bond donors (Lipinski definition) is 1. The van der Waals surface area contributed by atoms with Crippen molar-refractivity contribution < 1.29 is 4.74 Å². The highest BCUT2D eigenvalue weighted by atomic mass is 16.5. The van der Waals surface area contributed by atoms with E-state index < -0.39 is 0 Å². The molecule has 0 aliphatic carbocycles. The van der Waals surface area contributed by atoms with Gasteiger partial charge in [0.1, 0.15) is 11.8 Å². The van der Waals surface area contributed by atoms with Crippen LogP contribution < -0.4 is 10.5 Å². The van der Waals surface area contributed by atoms with Gasteiger partial charge in [0.25, 0.3) is 0 Å². The molecule has 0 aliphatic rings. The van der Waals surface area contributed by atoms with Crippen LogP contribution in [-0.4, -0.2) is 17.1 Å². The zero-order valence-corrected chi connectivity index (χ0v) is 8.06. The molecule has 2 aromatic rings. The van der Waals surface area contributed by atoms with Crippen molar-refractivity contribution in [2.45, 2.75) is 0 Å². The number of anilines is 1. The Bertz CT molecular complexity index is 559. The first-order valence-electron chi connectivity index (χ1n) is 4.26. The van der Waals surface area contributed by atoms with Crippen LogP contribution in [0.5, 0.6) is 5.75 Å². The van der Waals surface area contributed by atoms with E-state index in [0.29, 0.717) is 16.8 Å². The van der Waals surface area contributed by atoms with Crippen molar-refractivity contribution in [2.24, 2.45) is 0 Å². The number of nitrogens with two attached hydrogens (primary N) is 1. The summed E-state index contributed by atoms with van der Waals surface area (Å²) in [7, 11) is 1.57. The predicted octanol–water partition coefficient (Wildman–Crippen LogP) is 1.09. The van der Waals surface area contributed by atoms with Gasteiger partial charge in [0.2, 0.25) is 0 Å². The van der Waals surface area contributed by atoms with E-state index in [9.17, 15) is 0 Å². The van der Waals surface area contributed by atoms with Crippen LogP contribution in [0.25, 0.3) is 11.0 Å². The van der Waals surface area contributed by atoms with Crippen molar-refractivity contribution in [2.75, 3.05) is 12.8 Å². The Kier molecular flexibility index (Phi) is 2.10. The molecule has 1 aromatic heterocycles. The van der Waals surface area contributed by atoms with Gasteiger partial charge < -0.3 is 10.5 Å². The van der Waals surface area contributed by atoms with Crippen molar-refractivity contribution in [3.63, 3.8) is 0 Å². The molecule has 5 nitrogen and oxygen atoms in total. The number of benzene rings is 1. The van der Waals surface area contributed by atoms with Gasteiger partial charge in [-0.3, -0.25) is 0 Å². The van der Waals surface area contributed by atoms with E-state index in [1.54, 1.807) is 25.3 Å². The number of hydrogen-bond acceptors (Lipinski definition) is 5. The number of methoxy groups -OCH3 is 1. The number of nitrogens with zero attached hydrogens (tertiary/aromatic N) is 3. The van der Waals surface area contributed by atoms with Crippen LogP contribution in [0.1, 0.15) is 5.69 Å². The lowest BCUT2D eigenvalue weighted by atomic mass is 10.2. The fourth-order valence-electron chi connectivity index (χ4n) is 1.26. The van der Waals surface area contributed by atoms with Crippen LogP contribution in [0.15, 0.2) is 18.2 Å². The summed E-state index contributed by atoms with van der Waals surface area (Å²) in [5.41, 5.74) is 6.92. The van der Waals surface area contributed by atoms with E-state index in [-0.39, 0.29) is 11.5 Å². The Morgan fingerprint density at radius 2 is 2.13 bits per heavy atom. The van der Waals surface area contributed by atoms with Crippen LogP contribution in [0.3, 0.4) is 0 Å². The first kappa shape index (κ1) is 9.21. The molecule has 0 spiro atoms. The lowest BCUT2D eigenvalue weighted by Crippen LogP contribution is -1.98. The molecule has 0 amide bonds. The maximum atomic E-state index is 8.74. The maximum Gasteiger partial charge on any atom is 0.183 e. The van der Waals surface area contributed by atoms with E-state index in [1.807, 2.05) is 6.07 Å². The highest BCUT2D eigenvalue weighted by molar-refractivity contribution is 5.78. The molecule has 74 valence electrons. The number of fused-ring (bicyclic) bond motifs is 1. The average Bonchev–Trinajstić information content (AvgIpc) is 2.27. The highest BCUT2D eigenvalue weighted by Gasteiger charge is 2.05. The first-order valence-corrected chi connectivity index (χ1v) is 4.26. The Labute approximate surface area is 86.1 Å². The van der Waals surface area contributed by atoms with E-state index in [0.717, 1.165) is 0 Å². The van der Waals surface area contributed by atoms with Crippen molar-refractivity contribution in [3.8, 4) is 11.8 Å². The van der Waals surface area contributed by atoms with Gasteiger partial charge in [-0.25, -0.2) is 9.97 Å². The van der Waals surface area contributed by atoms with E-state index in [1.165, 1.54) is 0 Å². The number of nitriles is 1. The third-order valence-corrected chi connectivity index (χ3v) is 2.00. The summed E-state index contributed by atoms with van der Waals surface area (Å²) in [6, 6.07) is 7.11. The Balaban J connectivity index is 2.72. The lowest BCUT2D eigenvalue weighted by Gasteiger charge is -2.02. The number of ether oxygens (including phenoxy) is 1. The quantitative estimate of drug-likeness (QED) is 0.744. The van der Waals surface area contributed by atoms with Gasteiger partial charge in [-0.2, -0.15) is 5.26 Å². The smallest absolute Gasteiger partial charge is 0.183 e. The molecule has 0 fully saturated rings. The molecule has 1 aromatic carbocycles. The summed E-state index contributed by atoms with van der Waals surface area (Å²) in [6.07, 6.45) is 0. The standard InChI is InChI=1S/C10H8N4O/c1-15-6-2-3-7-8(4-6)13-9(5-11)10(12)14-7/h2-4H,1H3,(H2,12,14). The van der Waals surface area contributed by atoms with Crippen molar-refractivity contribution >= 4 is 16.9 Å². The summed E-state index contributed by atoms with van der Waals surface area (Å²) in [6.45, 7) is 0. The molecule has 0 saturated heterocycles. The molecule has 0 radical (unpaired) electrons. The fourth-order valence-corrected chi connectivity index (χ4v) is 1.26. The third kappa shape index (κ3) is 1.53. The summed E-state index contributed by atoms with van der Waals surface area (Å²) >= 11 is 0. The predicted molar refractivity (Wildman–Crippen MR) is 55.2 cm³/mol. The number of rotatable bonds is 1. The topological polar surface area (TPSA) is 84.8 Å². The Morgan fingerprint density at radius 3 is 2.80 bits per heavy atom. The average molecular weight is 200 g/mol. The summed E-state index contributed by atoms with van der Waals surface area (Å²) < 4.78 is 5.04. The zero-order valence-electron chi connectivity index (χ0n) is 8.06. The van der Waals surface area contributed by atoms with Crippen LogP contribution in [-0.2, 0) is 0 Å². The lowest BCUT2D eigenvalue weighted by molar-refractivity contribution is 0.415. The minimum Gasteiger partial charge on any atom is -0.497 e. The van der Waals surface area contributed by atoms with Crippen molar-refractivity contribution in [3.05, 3.63) is 23.9 Å². The van der Waals surface area contributed by atoms with Gasteiger partial charge in [0, 0.05) is 6.07 Å². The van der Waals surface area contributed by atoms with Gasteiger partial charge in [-0.15, -0.1) is 0 Å². The molecule has 2 N–H and O–H groups in total. The molecule has 0 unspecified atom stereocenters. The minimum absolute atomic E-state index is 0.135. The van der Waals surface area contributed by atoms with Crippen molar-refractivity contribution in [1.82, 2.24) is 9.97 Å². The zero-order chi connectivity index (χ0) is 10.8. The highest BCUT2D eigenvalue weighted by Crippen LogP contribution is 2.19. The van der Waals surface area contributed by atoms with Gasteiger partial charge in [0.15, 0.2) is 11.5 Å². The van der Waals surface area contributed by atoms with Crippen LogP contribution >= 0.6 is 0 Å². The van der Waals surface area contributed by atoms with Gasteiger partial charge in [-0.05, 0) is 12.1 Å². The molecule has 0 saturated carbocycles. The summed E-state index contributed by atoms with van der Waals surface area (Å²) in [5.74, 6) is 0.820. The molecule has 0 atom stereocenters. The second kappa shape index (κ2) is 3.42. The third-order valence-electron chi connectivity index (χ3n) is 2.00. The van der Waals surface area contributed by atoms with Crippen molar-refractivity contribution in [1.29, 1.82) is 5.26 Å². The largest absolute Gasteiger partial charge is 0.497 e. The van der Waals surface area contributed by atoms with Crippen LogP contribution in [0.4, 0.5) is 5.82 Å². The number of nitrogen functional groups attached to an aromatic ring is 1. The molecule has 1 heterocycles. The van der Waals surface area contributed by atoms with Gasteiger partial charge in [0.05, 0.1) is 18.1 Å². The molecule has 2 rings (SSSR count). The molecule has 0 bridgehead atoms. The van der Waals surface area contributed by atoms with Gasteiger partial charge in [-0.1, -0.05) is 0 Å². The minimum atomic E-state index is 0.135. The van der Waals surface area contributed by atoms with Crippen LogP contribution in [0.2, 0.25) is 0 Å².